The summed E-state index contributed by atoms with van der Waals surface area (Å²) in [5, 5.41) is 7.82. The minimum absolute atomic E-state index is 0.145. The molecular weight excluding hydrogens is 318 g/mol. The van der Waals surface area contributed by atoms with Crippen LogP contribution in [0.4, 0.5) is 0 Å². The summed E-state index contributed by atoms with van der Waals surface area (Å²) < 4.78 is 1.75. The van der Waals surface area contributed by atoms with E-state index in [1.54, 1.807) is 23.1 Å². The molecule has 0 bridgehead atoms. The topological polar surface area (TPSA) is 92.7 Å². The summed E-state index contributed by atoms with van der Waals surface area (Å²) >= 11 is 0. The SMILES string of the molecule is CC(C)n1ncc2cc(C=CC(=O)NCc3ccccn3)c(=O)[nH]c21. The van der Waals surface area contributed by atoms with Crippen LogP contribution in [0, 0.1) is 0 Å². The van der Waals surface area contributed by atoms with Gasteiger partial charge >= 0.3 is 0 Å². The molecule has 3 aromatic heterocycles. The average molecular weight is 337 g/mol. The van der Waals surface area contributed by atoms with E-state index in [9.17, 15) is 9.59 Å². The Kier molecular flexibility index (Phi) is 4.74. The highest BCUT2D eigenvalue weighted by Crippen LogP contribution is 2.15. The Morgan fingerprint density at radius 3 is 2.96 bits per heavy atom. The van der Waals surface area contributed by atoms with Crippen LogP contribution in [-0.2, 0) is 11.3 Å². The zero-order valence-corrected chi connectivity index (χ0v) is 14.1. The van der Waals surface area contributed by atoms with Crippen LogP contribution in [0.15, 0.2) is 47.5 Å². The van der Waals surface area contributed by atoms with Crippen molar-refractivity contribution >= 4 is 23.0 Å². The minimum Gasteiger partial charge on any atom is -0.347 e. The van der Waals surface area contributed by atoms with Crippen LogP contribution >= 0.6 is 0 Å². The fourth-order valence-electron chi connectivity index (χ4n) is 2.44. The van der Waals surface area contributed by atoms with Crippen molar-refractivity contribution in [1.29, 1.82) is 0 Å². The van der Waals surface area contributed by atoms with Gasteiger partial charge in [0.05, 0.1) is 18.4 Å². The number of hydrogen-bond acceptors (Lipinski definition) is 4. The molecule has 0 aliphatic carbocycles. The molecule has 0 atom stereocenters. The summed E-state index contributed by atoms with van der Waals surface area (Å²) in [6.07, 6.45) is 6.21. The van der Waals surface area contributed by atoms with Crippen LogP contribution in [-0.4, -0.2) is 25.7 Å². The van der Waals surface area contributed by atoms with E-state index in [0.717, 1.165) is 11.1 Å². The number of rotatable bonds is 5. The second-order valence-electron chi connectivity index (χ2n) is 5.91. The van der Waals surface area contributed by atoms with Crippen molar-refractivity contribution in [2.45, 2.75) is 26.4 Å². The van der Waals surface area contributed by atoms with Gasteiger partial charge in [-0.3, -0.25) is 14.6 Å². The molecule has 0 fully saturated rings. The number of carbonyl (C=O) groups is 1. The van der Waals surface area contributed by atoms with Crippen molar-refractivity contribution in [1.82, 2.24) is 25.1 Å². The summed E-state index contributed by atoms with van der Waals surface area (Å²) in [7, 11) is 0. The number of fused-ring (bicyclic) bond motifs is 1. The van der Waals surface area contributed by atoms with Crippen molar-refractivity contribution in [3.63, 3.8) is 0 Å². The van der Waals surface area contributed by atoms with E-state index in [1.165, 1.54) is 12.2 Å². The van der Waals surface area contributed by atoms with Gasteiger partial charge < -0.3 is 10.3 Å². The van der Waals surface area contributed by atoms with Crippen molar-refractivity contribution in [3.8, 4) is 0 Å². The molecule has 0 aromatic carbocycles. The van der Waals surface area contributed by atoms with Gasteiger partial charge in [0, 0.05) is 29.3 Å². The summed E-state index contributed by atoms with van der Waals surface area (Å²) in [6.45, 7) is 4.32. The number of amides is 1. The number of aromatic nitrogens is 4. The third kappa shape index (κ3) is 3.82. The van der Waals surface area contributed by atoms with E-state index in [0.29, 0.717) is 17.8 Å². The second-order valence-corrected chi connectivity index (χ2v) is 5.91. The zero-order valence-electron chi connectivity index (χ0n) is 14.1. The lowest BCUT2D eigenvalue weighted by molar-refractivity contribution is -0.116. The Balaban J connectivity index is 1.73. The maximum absolute atomic E-state index is 12.2. The Bertz CT molecular complexity index is 970. The van der Waals surface area contributed by atoms with Gasteiger partial charge in [0.25, 0.3) is 5.56 Å². The second kappa shape index (κ2) is 7.12. The molecule has 128 valence electrons. The van der Waals surface area contributed by atoms with Crippen LogP contribution < -0.4 is 10.9 Å². The largest absolute Gasteiger partial charge is 0.347 e. The first-order chi connectivity index (χ1) is 12.0. The average Bonchev–Trinajstić information content (AvgIpc) is 3.01. The minimum atomic E-state index is -0.289. The van der Waals surface area contributed by atoms with Crippen LogP contribution in [0.1, 0.15) is 31.1 Å². The predicted molar refractivity (Wildman–Crippen MR) is 95.9 cm³/mol. The van der Waals surface area contributed by atoms with Gasteiger partial charge in [0.1, 0.15) is 5.65 Å². The number of hydrogen-bond donors (Lipinski definition) is 2. The molecule has 0 spiro atoms. The van der Waals surface area contributed by atoms with E-state index >= 15 is 0 Å². The molecule has 0 radical (unpaired) electrons. The van der Waals surface area contributed by atoms with Gasteiger partial charge in [-0.25, -0.2) is 4.68 Å². The number of pyridine rings is 2. The van der Waals surface area contributed by atoms with Gasteiger partial charge in [0.15, 0.2) is 0 Å². The first-order valence-corrected chi connectivity index (χ1v) is 8.01. The van der Waals surface area contributed by atoms with Gasteiger partial charge in [0.2, 0.25) is 5.91 Å². The monoisotopic (exact) mass is 337 g/mol. The molecule has 1 amide bonds. The first kappa shape index (κ1) is 16.6. The maximum Gasteiger partial charge on any atom is 0.256 e. The van der Waals surface area contributed by atoms with Crippen molar-refractivity contribution in [2.24, 2.45) is 0 Å². The maximum atomic E-state index is 12.2. The summed E-state index contributed by atoms with van der Waals surface area (Å²) in [4.78, 5) is 31.1. The Hall–Kier alpha value is -3.22. The fourth-order valence-corrected chi connectivity index (χ4v) is 2.44. The number of nitrogens with one attached hydrogen (secondary N) is 2. The molecule has 25 heavy (non-hydrogen) atoms. The van der Waals surface area contributed by atoms with Gasteiger partial charge in [-0.05, 0) is 38.1 Å². The molecule has 0 unspecified atom stereocenters. The van der Waals surface area contributed by atoms with Crippen LogP contribution in [0.3, 0.4) is 0 Å². The third-order valence-corrected chi connectivity index (χ3v) is 3.70. The Morgan fingerprint density at radius 2 is 2.24 bits per heavy atom. The molecule has 0 saturated carbocycles. The number of H-pyrrole nitrogens is 1. The van der Waals surface area contributed by atoms with Crippen LogP contribution in [0.2, 0.25) is 0 Å². The quantitative estimate of drug-likeness (QED) is 0.697. The number of nitrogens with zero attached hydrogens (tertiary/aromatic N) is 3. The van der Waals surface area contributed by atoms with Gasteiger partial charge in [-0.2, -0.15) is 5.10 Å². The molecule has 0 aliphatic heterocycles. The normalized spacial score (nSPS) is 11.5. The standard InChI is InChI=1S/C18H19N5O2/c1-12(2)23-17-14(10-21-23)9-13(18(25)22-17)6-7-16(24)20-11-15-5-3-4-8-19-15/h3-10,12H,11H2,1-2H3,(H,20,24)(H,22,25). The molecule has 0 saturated heterocycles. The fraction of sp³-hybridized carbons (Fsp3) is 0.222. The van der Waals surface area contributed by atoms with Crippen molar-refractivity contribution in [3.05, 3.63) is 64.3 Å². The lowest BCUT2D eigenvalue weighted by Gasteiger charge is -2.06. The molecule has 3 aromatic rings. The number of aromatic amines is 1. The lowest BCUT2D eigenvalue weighted by Crippen LogP contribution is -2.21. The van der Waals surface area contributed by atoms with E-state index in [4.69, 9.17) is 0 Å². The van der Waals surface area contributed by atoms with Crippen LogP contribution in [0.5, 0.6) is 0 Å². The lowest BCUT2D eigenvalue weighted by atomic mass is 10.2. The Morgan fingerprint density at radius 1 is 1.40 bits per heavy atom. The molecule has 7 nitrogen and oxygen atoms in total. The zero-order chi connectivity index (χ0) is 17.8. The van der Waals surface area contributed by atoms with E-state index in [1.807, 2.05) is 32.0 Å². The predicted octanol–water partition coefficient (Wildman–Crippen LogP) is 2.03. The highest BCUT2D eigenvalue weighted by molar-refractivity contribution is 5.92. The summed E-state index contributed by atoms with van der Waals surface area (Å²) in [5.74, 6) is -0.289. The van der Waals surface area contributed by atoms with E-state index in [2.05, 4.69) is 20.4 Å². The number of carbonyl (C=O) groups excluding carboxylic acids is 1. The first-order valence-electron chi connectivity index (χ1n) is 8.01. The molecule has 3 heterocycles. The molecule has 2 N–H and O–H groups in total. The molecule has 3 rings (SSSR count). The van der Waals surface area contributed by atoms with Crippen molar-refractivity contribution < 1.29 is 4.79 Å². The van der Waals surface area contributed by atoms with E-state index in [-0.39, 0.29) is 17.5 Å². The van der Waals surface area contributed by atoms with E-state index < -0.39 is 0 Å². The van der Waals surface area contributed by atoms with Crippen molar-refractivity contribution in [2.75, 3.05) is 0 Å². The van der Waals surface area contributed by atoms with Crippen LogP contribution in [0.25, 0.3) is 17.1 Å². The van der Waals surface area contributed by atoms with Gasteiger partial charge in [-0.15, -0.1) is 0 Å². The highest BCUT2D eigenvalue weighted by Gasteiger charge is 2.09. The third-order valence-electron chi connectivity index (χ3n) is 3.70. The molecular formula is C18H19N5O2. The Labute approximate surface area is 144 Å². The molecule has 0 aliphatic rings. The summed E-state index contributed by atoms with van der Waals surface area (Å²) in [5.41, 5.74) is 1.59. The smallest absolute Gasteiger partial charge is 0.256 e. The molecule has 7 heteroatoms. The summed E-state index contributed by atoms with van der Waals surface area (Å²) in [6, 6.07) is 7.37. The highest BCUT2D eigenvalue weighted by atomic mass is 16.1. The van der Waals surface area contributed by atoms with Gasteiger partial charge in [-0.1, -0.05) is 6.07 Å².